The summed E-state index contributed by atoms with van der Waals surface area (Å²) in [5, 5.41) is 14.6. The van der Waals surface area contributed by atoms with Crippen molar-refractivity contribution in [2.24, 2.45) is 4.99 Å². The number of hydrogen-bond acceptors (Lipinski definition) is 6. The maximum Gasteiger partial charge on any atom is 0.191 e. The van der Waals surface area contributed by atoms with Gasteiger partial charge >= 0.3 is 0 Å². The molecule has 1 aliphatic rings. The smallest absolute Gasteiger partial charge is 0.191 e. The molecule has 0 aliphatic carbocycles. The minimum absolute atomic E-state index is 0.270. The maximum absolute atomic E-state index is 5.15. The number of aromatic nitrogens is 4. The number of fused-ring (bicyclic) bond motifs is 1. The van der Waals surface area contributed by atoms with E-state index in [1.807, 2.05) is 22.9 Å². The van der Waals surface area contributed by atoms with Crippen LogP contribution in [0, 0.1) is 0 Å². The molecule has 0 bridgehead atoms. The van der Waals surface area contributed by atoms with Crippen LogP contribution in [-0.4, -0.2) is 51.9 Å². The molecule has 1 aromatic carbocycles. The number of ether oxygens (including phenoxy) is 1. The van der Waals surface area contributed by atoms with Crippen LogP contribution in [0.5, 0.6) is 0 Å². The van der Waals surface area contributed by atoms with Crippen molar-refractivity contribution in [2.75, 3.05) is 20.2 Å². The van der Waals surface area contributed by atoms with E-state index in [0.29, 0.717) is 13.2 Å². The van der Waals surface area contributed by atoms with Crippen molar-refractivity contribution >= 4 is 17.3 Å². The fraction of sp³-hybridized carbons (Fsp3) is 0.455. The topological polar surface area (TPSA) is 89.2 Å². The van der Waals surface area contributed by atoms with E-state index in [0.717, 1.165) is 66.2 Å². The van der Waals surface area contributed by atoms with Gasteiger partial charge in [-0.05, 0) is 13.3 Å². The van der Waals surface area contributed by atoms with Gasteiger partial charge in [0.05, 0.1) is 12.2 Å². The Labute approximate surface area is 186 Å². The molecule has 9 heteroatoms. The zero-order valence-electron chi connectivity index (χ0n) is 18.0. The van der Waals surface area contributed by atoms with E-state index in [-0.39, 0.29) is 6.04 Å². The first-order valence-corrected chi connectivity index (χ1v) is 11.6. The molecule has 1 atom stereocenters. The highest BCUT2D eigenvalue weighted by molar-refractivity contribution is 7.13. The first-order chi connectivity index (χ1) is 15.2. The summed E-state index contributed by atoms with van der Waals surface area (Å²) in [7, 11) is 1.66. The van der Waals surface area contributed by atoms with Gasteiger partial charge in [-0.15, -0.1) is 11.3 Å². The van der Waals surface area contributed by atoms with Crippen LogP contribution in [0.1, 0.15) is 30.7 Å². The fourth-order valence-electron chi connectivity index (χ4n) is 3.60. The molecule has 0 amide bonds. The lowest BCUT2D eigenvalue weighted by Gasteiger charge is -2.25. The maximum atomic E-state index is 5.15. The molecule has 1 unspecified atom stereocenters. The number of nitrogens with one attached hydrogen (secondary N) is 2. The SMILES string of the molecule is CCNC(=NCCc1csc(-c2ccccc2)n1)NC1CCc2nc(COC)nn2C1. The van der Waals surface area contributed by atoms with Crippen LogP contribution in [0.15, 0.2) is 40.7 Å². The predicted octanol–water partition coefficient (Wildman–Crippen LogP) is 2.66. The van der Waals surface area contributed by atoms with Crippen LogP contribution in [0.25, 0.3) is 10.6 Å². The zero-order chi connectivity index (χ0) is 21.5. The third-order valence-electron chi connectivity index (χ3n) is 5.07. The molecular formula is C22H29N7OS. The number of nitrogens with zero attached hydrogens (tertiary/aromatic N) is 5. The molecule has 3 aromatic rings. The lowest BCUT2D eigenvalue weighted by molar-refractivity contribution is 0.177. The van der Waals surface area contributed by atoms with Crippen molar-refractivity contribution in [3.63, 3.8) is 0 Å². The van der Waals surface area contributed by atoms with Crippen molar-refractivity contribution in [2.45, 2.75) is 45.4 Å². The summed E-state index contributed by atoms with van der Waals surface area (Å²) >= 11 is 1.68. The summed E-state index contributed by atoms with van der Waals surface area (Å²) < 4.78 is 7.13. The molecule has 8 nitrogen and oxygen atoms in total. The highest BCUT2D eigenvalue weighted by Gasteiger charge is 2.22. The van der Waals surface area contributed by atoms with Gasteiger partial charge in [0.1, 0.15) is 17.4 Å². The van der Waals surface area contributed by atoms with Gasteiger partial charge in [-0.25, -0.2) is 14.6 Å². The lowest BCUT2D eigenvalue weighted by Crippen LogP contribution is -2.47. The van der Waals surface area contributed by atoms with Crippen LogP contribution in [0.4, 0.5) is 0 Å². The van der Waals surface area contributed by atoms with Gasteiger partial charge in [0.2, 0.25) is 0 Å². The molecule has 0 saturated carbocycles. The average Bonchev–Trinajstić information content (AvgIpc) is 3.41. The Hall–Kier alpha value is -2.78. The molecule has 164 valence electrons. The number of hydrogen-bond donors (Lipinski definition) is 2. The number of aliphatic imine (C=N–C) groups is 1. The summed E-state index contributed by atoms with van der Waals surface area (Å²) in [5.41, 5.74) is 2.25. The number of guanidine groups is 1. The highest BCUT2D eigenvalue weighted by Crippen LogP contribution is 2.23. The van der Waals surface area contributed by atoms with Crippen molar-refractivity contribution in [1.29, 1.82) is 0 Å². The largest absolute Gasteiger partial charge is 0.377 e. The Bertz CT molecular complexity index is 998. The van der Waals surface area contributed by atoms with Gasteiger partial charge in [-0.1, -0.05) is 30.3 Å². The highest BCUT2D eigenvalue weighted by atomic mass is 32.1. The van der Waals surface area contributed by atoms with Crippen LogP contribution in [0.3, 0.4) is 0 Å². The normalized spacial score (nSPS) is 16.2. The molecule has 0 radical (unpaired) electrons. The minimum Gasteiger partial charge on any atom is -0.377 e. The Morgan fingerprint density at radius 2 is 2.16 bits per heavy atom. The Morgan fingerprint density at radius 3 is 2.97 bits per heavy atom. The number of thiazole rings is 1. The van der Waals surface area contributed by atoms with Crippen molar-refractivity contribution in [3.05, 3.63) is 53.1 Å². The molecule has 0 fully saturated rings. The lowest BCUT2D eigenvalue weighted by atomic mass is 10.1. The van der Waals surface area contributed by atoms with Crippen LogP contribution >= 0.6 is 11.3 Å². The van der Waals surface area contributed by atoms with Crippen molar-refractivity contribution < 1.29 is 4.74 Å². The van der Waals surface area contributed by atoms with Crippen LogP contribution < -0.4 is 10.6 Å². The number of rotatable bonds is 8. The molecule has 31 heavy (non-hydrogen) atoms. The van der Waals surface area contributed by atoms with Crippen LogP contribution in [-0.2, 0) is 30.7 Å². The second-order valence-corrected chi connectivity index (χ2v) is 8.32. The molecule has 2 N–H and O–H groups in total. The van der Waals surface area contributed by atoms with Gasteiger partial charge in [-0.3, -0.25) is 4.99 Å². The number of aryl methyl sites for hydroxylation is 1. The van der Waals surface area contributed by atoms with Gasteiger partial charge in [0, 0.05) is 50.0 Å². The van der Waals surface area contributed by atoms with Crippen LogP contribution in [0.2, 0.25) is 0 Å². The molecule has 1 aliphatic heterocycles. The Morgan fingerprint density at radius 1 is 1.29 bits per heavy atom. The quantitative estimate of drug-likeness (QED) is 0.414. The Balaban J connectivity index is 1.33. The van der Waals surface area contributed by atoms with Gasteiger partial charge < -0.3 is 15.4 Å². The molecular weight excluding hydrogens is 410 g/mol. The van der Waals surface area contributed by atoms with E-state index in [1.165, 1.54) is 0 Å². The number of methoxy groups -OCH3 is 1. The molecule has 3 heterocycles. The van der Waals surface area contributed by atoms with E-state index >= 15 is 0 Å². The third-order valence-corrected chi connectivity index (χ3v) is 6.01. The number of benzene rings is 1. The van der Waals surface area contributed by atoms with Gasteiger partial charge in [-0.2, -0.15) is 5.10 Å². The second-order valence-electron chi connectivity index (χ2n) is 7.46. The molecule has 0 spiro atoms. The van der Waals surface area contributed by atoms with E-state index < -0.39 is 0 Å². The average molecular weight is 440 g/mol. The summed E-state index contributed by atoms with van der Waals surface area (Å²) in [5.74, 6) is 2.62. The summed E-state index contributed by atoms with van der Waals surface area (Å²) in [6.45, 7) is 4.82. The van der Waals surface area contributed by atoms with Crippen molar-refractivity contribution in [1.82, 2.24) is 30.4 Å². The zero-order valence-corrected chi connectivity index (χ0v) is 18.9. The summed E-state index contributed by atoms with van der Waals surface area (Å²) in [6.07, 6.45) is 2.72. The second kappa shape index (κ2) is 10.5. The molecule has 0 saturated heterocycles. The summed E-state index contributed by atoms with van der Waals surface area (Å²) in [4.78, 5) is 14.1. The minimum atomic E-state index is 0.270. The Kier molecular flexibility index (Phi) is 7.26. The predicted molar refractivity (Wildman–Crippen MR) is 123 cm³/mol. The van der Waals surface area contributed by atoms with Gasteiger partial charge in [0.25, 0.3) is 0 Å². The molecule has 2 aromatic heterocycles. The van der Waals surface area contributed by atoms with E-state index in [1.54, 1.807) is 18.4 Å². The monoisotopic (exact) mass is 439 g/mol. The standard InChI is InChI=1S/C22H29N7OS/c1-3-23-22(26-17-9-10-20-27-19(14-30-2)28-29(20)13-17)24-12-11-18-15-31-21(25-18)16-7-5-4-6-8-16/h4-8,15,17H,3,9-14H2,1-2H3,(H2,23,24,26). The van der Waals surface area contributed by atoms with E-state index in [2.05, 4.69) is 45.2 Å². The summed E-state index contributed by atoms with van der Waals surface area (Å²) in [6, 6.07) is 10.6. The van der Waals surface area contributed by atoms with E-state index in [9.17, 15) is 0 Å². The van der Waals surface area contributed by atoms with Gasteiger partial charge in [0.15, 0.2) is 11.8 Å². The molecule has 4 rings (SSSR count). The van der Waals surface area contributed by atoms with E-state index in [4.69, 9.17) is 14.7 Å². The van der Waals surface area contributed by atoms with Crippen molar-refractivity contribution in [3.8, 4) is 10.6 Å². The third kappa shape index (κ3) is 5.68. The first kappa shape index (κ1) is 21.5. The first-order valence-electron chi connectivity index (χ1n) is 10.7. The fourth-order valence-corrected chi connectivity index (χ4v) is 4.46.